The van der Waals surface area contributed by atoms with Gasteiger partial charge in [-0.15, -0.1) is 0 Å². The highest BCUT2D eigenvalue weighted by Crippen LogP contribution is 2.54. The highest BCUT2D eigenvalue weighted by molar-refractivity contribution is 6.05. The van der Waals surface area contributed by atoms with Crippen molar-refractivity contribution in [2.24, 2.45) is 0 Å². The molecule has 1 aliphatic rings. The molecule has 14 aromatic carbocycles. The van der Waals surface area contributed by atoms with Gasteiger partial charge in [0.05, 0.1) is 0 Å². The third kappa shape index (κ3) is 7.55. The number of hydrogen-bond donors (Lipinski definition) is 0. The fourth-order valence-electron chi connectivity index (χ4n) is 12.7. The van der Waals surface area contributed by atoms with E-state index in [0.29, 0.717) is 0 Å². The molecule has 0 amide bonds. The maximum Gasteiger partial charge on any atom is 0.0468 e. The van der Waals surface area contributed by atoms with Crippen LogP contribution in [0.4, 0.5) is 34.1 Å². The number of benzene rings is 14. The molecule has 0 saturated carbocycles. The molecule has 0 bridgehead atoms. The van der Waals surface area contributed by atoms with Crippen LogP contribution in [0.2, 0.25) is 0 Å². The van der Waals surface area contributed by atoms with Crippen molar-refractivity contribution < 1.29 is 0 Å². The van der Waals surface area contributed by atoms with Crippen LogP contribution in [0.15, 0.2) is 279 Å². The van der Waals surface area contributed by atoms with Gasteiger partial charge in [-0.2, -0.15) is 0 Å². The van der Waals surface area contributed by atoms with E-state index >= 15 is 0 Å². The molecule has 0 spiro atoms. The summed E-state index contributed by atoms with van der Waals surface area (Å²) >= 11 is 0. The van der Waals surface area contributed by atoms with Crippen LogP contribution in [0.5, 0.6) is 0 Å². The maximum atomic E-state index is 2.42. The first-order valence-corrected chi connectivity index (χ1v) is 26.8. The average Bonchev–Trinajstić information content (AvgIpc) is 3.88. The van der Waals surface area contributed by atoms with Crippen molar-refractivity contribution >= 4 is 98.8 Å². The second-order valence-electron chi connectivity index (χ2n) is 21.4. The summed E-state index contributed by atoms with van der Waals surface area (Å²) in [7, 11) is 0. The Balaban J connectivity index is 0.737. The zero-order chi connectivity index (χ0) is 51.2. The Morgan fingerprint density at radius 2 is 0.494 bits per heavy atom. The van der Waals surface area contributed by atoms with Crippen LogP contribution in [0.25, 0.3) is 98.0 Å². The van der Waals surface area contributed by atoms with Gasteiger partial charge in [-0.05, 0) is 194 Å². The maximum absolute atomic E-state index is 2.42. The van der Waals surface area contributed by atoms with E-state index in [1.54, 1.807) is 0 Å². The third-order valence-corrected chi connectivity index (χ3v) is 16.5. The predicted molar refractivity (Wildman–Crippen MR) is 329 cm³/mol. The largest absolute Gasteiger partial charge is 0.310 e. The van der Waals surface area contributed by atoms with Gasteiger partial charge in [0.2, 0.25) is 0 Å². The molecule has 0 aliphatic heterocycles. The highest BCUT2D eigenvalue weighted by Gasteiger charge is 2.38. The van der Waals surface area contributed by atoms with Gasteiger partial charge in [0, 0.05) is 39.5 Å². The zero-order valence-corrected chi connectivity index (χ0v) is 43.0. The van der Waals surface area contributed by atoms with Crippen molar-refractivity contribution in [3.63, 3.8) is 0 Å². The summed E-state index contributed by atoms with van der Waals surface area (Å²) in [5, 5.41) is 15.0. The SMILES string of the molecule is CC1(C)c2c(ccc3cc(-c4ccc(N(c5ccc6ccccc6c5)c5ccc6ccccc6c5)cc4)ccc23)-c2ccc3cc(-c4ccc(N(c5ccc6ccccc6c5)c5ccc6ccccc6c5)cc4)ccc3c21. The normalized spacial score (nSPS) is 12.6. The Kier molecular flexibility index (Phi) is 10.3. The summed E-state index contributed by atoms with van der Waals surface area (Å²) in [5.74, 6) is 0. The van der Waals surface area contributed by atoms with Gasteiger partial charge in [-0.1, -0.05) is 208 Å². The topological polar surface area (TPSA) is 6.48 Å². The Hall–Kier alpha value is -9.76. The number of anilines is 6. The molecular formula is C75H52N2. The minimum Gasteiger partial charge on any atom is -0.310 e. The molecule has 77 heavy (non-hydrogen) atoms. The molecule has 0 atom stereocenters. The summed E-state index contributed by atoms with van der Waals surface area (Å²) in [5.41, 5.74) is 16.8. The Morgan fingerprint density at radius 3 is 0.818 bits per heavy atom. The molecule has 0 saturated heterocycles. The van der Waals surface area contributed by atoms with E-state index in [1.165, 1.54) is 109 Å². The van der Waals surface area contributed by atoms with Crippen LogP contribution in [-0.4, -0.2) is 0 Å². The smallest absolute Gasteiger partial charge is 0.0468 e. The second-order valence-corrected chi connectivity index (χ2v) is 21.4. The monoisotopic (exact) mass is 980 g/mol. The third-order valence-electron chi connectivity index (χ3n) is 16.5. The van der Waals surface area contributed by atoms with Crippen LogP contribution in [0, 0.1) is 0 Å². The van der Waals surface area contributed by atoms with Gasteiger partial charge in [-0.3, -0.25) is 0 Å². The highest BCUT2D eigenvalue weighted by atomic mass is 15.1. The fourth-order valence-corrected chi connectivity index (χ4v) is 12.7. The Morgan fingerprint density at radius 1 is 0.221 bits per heavy atom. The van der Waals surface area contributed by atoms with Gasteiger partial charge < -0.3 is 9.80 Å². The minimum absolute atomic E-state index is 0.208. The lowest BCUT2D eigenvalue weighted by atomic mass is 9.78. The van der Waals surface area contributed by atoms with E-state index < -0.39 is 0 Å². The van der Waals surface area contributed by atoms with E-state index in [0.717, 1.165) is 34.1 Å². The Bertz CT molecular complexity index is 4210. The summed E-state index contributed by atoms with van der Waals surface area (Å²) in [6.07, 6.45) is 0. The first kappa shape index (κ1) is 44.7. The number of hydrogen-bond acceptors (Lipinski definition) is 2. The number of fused-ring (bicyclic) bond motifs is 11. The van der Waals surface area contributed by atoms with Crippen LogP contribution in [0.1, 0.15) is 25.0 Å². The van der Waals surface area contributed by atoms with Crippen molar-refractivity contribution in [2.45, 2.75) is 19.3 Å². The standard InChI is InChI=1S/C75H52N2/c1-75(2)73-69-39-27-59(53-19-31-63(32-20-53)76(65-35-23-49-11-3-7-15-55(49)45-65)66-36-24-50-12-4-8-16-56(50)46-66)43-61(69)29-41-71(73)72-42-30-62-44-60(28-40-70(62)74(72)75)54-21-33-64(34-22-54)77(67-37-25-51-13-5-9-17-57(51)47-67)68-38-26-52-14-6-10-18-58(52)48-68/h3-48H,1-2H3. The zero-order valence-electron chi connectivity index (χ0n) is 43.0. The lowest BCUT2D eigenvalue weighted by Crippen LogP contribution is -2.16. The van der Waals surface area contributed by atoms with Crippen LogP contribution in [0.3, 0.4) is 0 Å². The number of nitrogens with zero attached hydrogens (tertiary/aromatic N) is 2. The quantitative estimate of drug-likeness (QED) is 0.150. The lowest BCUT2D eigenvalue weighted by Gasteiger charge is -2.26. The molecule has 1 aliphatic carbocycles. The van der Waals surface area contributed by atoms with Crippen molar-refractivity contribution in [3.8, 4) is 33.4 Å². The molecule has 0 heterocycles. The van der Waals surface area contributed by atoms with Crippen LogP contribution < -0.4 is 9.80 Å². The average molecular weight is 981 g/mol. The molecule has 2 heteroatoms. The molecule has 362 valence electrons. The van der Waals surface area contributed by atoms with Gasteiger partial charge in [-0.25, -0.2) is 0 Å². The van der Waals surface area contributed by atoms with E-state index in [2.05, 4.69) is 303 Å². The van der Waals surface area contributed by atoms with Gasteiger partial charge in [0.15, 0.2) is 0 Å². The Labute approximate surface area is 449 Å². The van der Waals surface area contributed by atoms with Gasteiger partial charge >= 0.3 is 0 Å². The molecule has 0 aromatic heterocycles. The fraction of sp³-hybridized carbons (Fsp3) is 0.0400. The second kappa shape index (κ2) is 17.7. The molecule has 0 N–H and O–H groups in total. The molecule has 0 unspecified atom stereocenters. The van der Waals surface area contributed by atoms with E-state index in [1.807, 2.05) is 0 Å². The number of rotatable bonds is 8. The molecule has 15 rings (SSSR count). The summed E-state index contributed by atoms with van der Waals surface area (Å²) in [6, 6.07) is 103. The summed E-state index contributed by atoms with van der Waals surface area (Å²) in [4.78, 5) is 4.76. The van der Waals surface area contributed by atoms with Gasteiger partial charge in [0.25, 0.3) is 0 Å². The van der Waals surface area contributed by atoms with E-state index in [9.17, 15) is 0 Å². The van der Waals surface area contributed by atoms with Crippen molar-refractivity contribution in [1.29, 1.82) is 0 Å². The molecule has 14 aromatic rings. The van der Waals surface area contributed by atoms with Gasteiger partial charge in [0.1, 0.15) is 0 Å². The first-order chi connectivity index (χ1) is 37.9. The minimum atomic E-state index is -0.208. The molecule has 0 radical (unpaired) electrons. The first-order valence-electron chi connectivity index (χ1n) is 26.8. The van der Waals surface area contributed by atoms with E-state index in [-0.39, 0.29) is 5.41 Å². The predicted octanol–water partition coefficient (Wildman–Crippen LogP) is 21.2. The molecule has 2 nitrogen and oxygen atoms in total. The lowest BCUT2D eigenvalue weighted by molar-refractivity contribution is 0.672. The van der Waals surface area contributed by atoms with E-state index in [4.69, 9.17) is 0 Å². The summed E-state index contributed by atoms with van der Waals surface area (Å²) < 4.78 is 0. The molecular weight excluding hydrogens is 929 g/mol. The van der Waals surface area contributed by atoms with Crippen LogP contribution in [-0.2, 0) is 5.41 Å². The molecule has 0 fully saturated rings. The van der Waals surface area contributed by atoms with Crippen molar-refractivity contribution in [2.75, 3.05) is 9.80 Å². The van der Waals surface area contributed by atoms with Crippen molar-refractivity contribution in [3.05, 3.63) is 290 Å². The summed E-state index contributed by atoms with van der Waals surface area (Å²) in [6.45, 7) is 4.84. The van der Waals surface area contributed by atoms with Crippen molar-refractivity contribution in [1.82, 2.24) is 0 Å². The van der Waals surface area contributed by atoms with Crippen LogP contribution >= 0.6 is 0 Å².